The third-order valence-electron chi connectivity index (χ3n) is 2.39. The summed E-state index contributed by atoms with van der Waals surface area (Å²) in [7, 11) is 0. The number of rotatable bonds is 3. The summed E-state index contributed by atoms with van der Waals surface area (Å²) in [5.74, 6) is -0.181. The maximum atomic E-state index is 12.4. The van der Waals surface area contributed by atoms with E-state index in [-0.39, 0.29) is 12.3 Å². The molecule has 0 N–H and O–H groups in total. The van der Waals surface area contributed by atoms with Gasteiger partial charge in [-0.25, -0.2) is 0 Å². The lowest BCUT2D eigenvalue weighted by Gasteiger charge is -2.13. The van der Waals surface area contributed by atoms with Crippen molar-refractivity contribution in [1.82, 2.24) is 4.98 Å². The van der Waals surface area contributed by atoms with Crippen LogP contribution in [0.25, 0.3) is 0 Å². The molecule has 1 rings (SSSR count). The number of alkyl halides is 3. The molecule has 1 aromatic rings. The first-order valence-electron chi connectivity index (χ1n) is 4.88. The van der Waals surface area contributed by atoms with E-state index < -0.39 is 11.7 Å². The molecular weight excluding hydrogens is 217 g/mol. The summed E-state index contributed by atoms with van der Waals surface area (Å²) in [6, 6.07) is 3.03. The first-order valence-corrected chi connectivity index (χ1v) is 4.88. The molecular formula is C11H11F3N2. The van der Waals surface area contributed by atoms with Gasteiger partial charge in [0, 0.05) is 18.8 Å². The van der Waals surface area contributed by atoms with Crippen molar-refractivity contribution < 1.29 is 13.2 Å². The molecule has 0 bridgehead atoms. The van der Waals surface area contributed by atoms with E-state index in [0.29, 0.717) is 12.0 Å². The SMILES string of the molecule is CCC(CC#N)c1cncc(C(F)(F)F)c1. The van der Waals surface area contributed by atoms with E-state index in [2.05, 4.69) is 4.98 Å². The lowest BCUT2D eigenvalue weighted by Crippen LogP contribution is -2.07. The molecule has 0 amide bonds. The molecule has 86 valence electrons. The Labute approximate surface area is 91.7 Å². The minimum Gasteiger partial charge on any atom is -0.264 e. The van der Waals surface area contributed by atoms with Crippen LogP contribution in [0.1, 0.15) is 36.8 Å². The summed E-state index contributed by atoms with van der Waals surface area (Å²) >= 11 is 0. The van der Waals surface area contributed by atoms with Gasteiger partial charge >= 0.3 is 6.18 Å². The summed E-state index contributed by atoms with van der Waals surface area (Å²) in [5.41, 5.74) is -0.291. The molecule has 0 fully saturated rings. The van der Waals surface area contributed by atoms with Gasteiger partial charge in [0.05, 0.1) is 11.6 Å². The van der Waals surface area contributed by atoms with Crippen LogP contribution < -0.4 is 0 Å². The number of hydrogen-bond donors (Lipinski definition) is 0. The fourth-order valence-corrected chi connectivity index (χ4v) is 1.44. The fourth-order valence-electron chi connectivity index (χ4n) is 1.44. The molecule has 0 aromatic carbocycles. The Kier molecular flexibility index (Phi) is 3.88. The van der Waals surface area contributed by atoms with Gasteiger partial charge in [-0.1, -0.05) is 6.92 Å². The van der Waals surface area contributed by atoms with Gasteiger partial charge in [0.2, 0.25) is 0 Å². The maximum absolute atomic E-state index is 12.4. The second kappa shape index (κ2) is 4.97. The van der Waals surface area contributed by atoms with Crippen LogP contribution in [0.3, 0.4) is 0 Å². The van der Waals surface area contributed by atoms with Crippen molar-refractivity contribution in [3.05, 3.63) is 29.6 Å². The second-order valence-electron chi connectivity index (χ2n) is 3.47. The highest BCUT2D eigenvalue weighted by Gasteiger charge is 2.31. The van der Waals surface area contributed by atoms with Crippen molar-refractivity contribution in [3.63, 3.8) is 0 Å². The van der Waals surface area contributed by atoms with Crippen molar-refractivity contribution >= 4 is 0 Å². The average Bonchev–Trinajstić information content (AvgIpc) is 2.25. The quantitative estimate of drug-likeness (QED) is 0.793. The van der Waals surface area contributed by atoms with Crippen LogP contribution in [0.2, 0.25) is 0 Å². The van der Waals surface area contributed by atoms with Gasteiger partial charge in [0.25, 0.3) is 0 Å². The van der Waals surface area contributed by atoms with E-state index in [1.54, 1.807) is 0 Å². The monoisotopic (exact) mass is 228 g/mol. The third-order valence-corrected chi connectivity index (χ3v) is 2.39. The Morgan fingerprint density at radius 1 is 1.44 bits per heavy atom. The standard InChI is InChI=1S/C11H11F3N2/c1-2-8(3-4-15)9-5-10(7-16-6-9)11(12,13)14/h5-8H,2-3H2,1H3. The predicted octanol–water partition coefficient (Wildman–Crippen LogP) is 3.51. The molecule has 0 saturated heterocycles. The molecule has 1 unspecified atom stereocenters. The lowest BCUT2D eigenvalue weighted by atomic mass is 9.94. The van der Waals surface area contributed by atoms with Crippen molar-refractivity contribution in [2.75, 3.05) is 0 Å². The molecule has 2 nitrogen and oxygen atoms in total. The van der Waals surface area contributed by atoms with Gasteiger partial charge in [-0.3, -0.25) is 4.98 Å². The summed E-state index contributed by atoms with van der Waals surface area (Å²) in [4.78, 5) is 3.57. The Morgan fingerprint density at radius 3 is 2.62 bits per heavy atom. The van der Waals surface area contributed by atoms with E-state index in [1.165, 1.54) is 6.20 Å². The smallest absolute Gasteiger partial charge is 0.264 e. The molecule has 0 saturated carbocycles. The molecule has 5 heteroatoms. The van der Waals surface area contributed by atoms with Crippen molar-refractivity contribution in [2.24, 2.45) is 0 Å². The van der Waals surface area contributed by atoms with Crippen molar-refractivity contribution in [2.45, 2.75) is 31.9 Å². The van der Waals surface area contributed by atoms with Crippen molar-refractivity contribution in [1.29, 1.82) is 5.26 Å². The summed E-state index contributed by atoms with van der Waals surface area (Å²) in [6.45, 7) is 1.84. The molecule has 1 aromatic heterocycles. The molecule has 0 radical (unpaired) electrons. The fraction of sp³-hybridized carbons (Fsp3) is 0.455. The van der Waals surface area contributed by atoms with E-state index in [9.17, 15) is 13.2 Å². The molecule has 1 heterocycles. The number of aromatic nitrogens is 1. The van der Waals surface area contributed by atoms with E-state index in [1.807, 2.05) is 13.0 Å². The highest BCUT2D eigenvalue weighted by Crippen LogP contribution is 2.31. The predicted molar refractivity (Wildman–Crippen MR) is 52.5 cm³/mol. The van der Waals surface area contributed by atoms with Gasteiger partial charge in [-0.05, 0) is 24.0 Å². The number of hydrogen-bond acceptors (Lipinski definition) is 2. The Hall–Kier alpha value is -1.57. The Balaban J connectivity index is 3.02. The van der Waals surface area contributed by atoms with Gasteiger partial charge in [-0.2, -0.15) is 18.4 Å². The van der Waals surface area contributed by atoms with Crippen LogP contribution in [0.4, 0.5) is 13.2 Å². The molecule has 0 spiro atoms. The van der Waals surface area contributed by atoms with E-state index >= 15 is 0 Å². The summed E-state index contributed by atoms with van der Waals surface area (Å²) in [5, 5.41) is 8.57. The largest absolute Gasteiger partial charge is 0.417 e. The van der Waals surface area contributed by atoms with Crippen LogP contribution in [-0.2, 0) is 6.18 Å². The minimum absolute atomic E-state index is 0.181. The summed E-state index contributed by atoms with van der Waals surface area (Å²) in [6.07, 6.45) is -1.37. The van der Waals surface area contributed by atoms with Gasteiger partial charge in [-0.15, -0.1) is 0 Å². The number of pyridine rings is 1. The van der Waals surface area contributed by atoms with Crippen molar-refractivity contribution in [3.8, 4) is 6.07 Å². The summed E-state index contributed by atoms with van der Waals surface area (Å²) < 4.78 is 37.2. The Bertz CT molecular complexity index is 393. The van der Waals surface area contributed by atoms with Crippen LogP contribution in [0, 0.1) is 11.3 Å². The third kappa shape index (κ3) is 2.96. The van der Waals surface area contributed by atoms with Gasteiger partial charge < -0.3 is 0 Å². The molecule has 0 aliphatic heterocycles. The average molecular weight is 228 g/mol. The maximum Gasteiger partial charge on any atom is 0.417 e. The van der Waals surface area contributed by atoms with Crippen LogP contribution in [0.5, 0.6) is 0 Å². The highest BCUT2D eigenvalue weighted by molar-refractivity contribution is 5.24. The molecule has 1 atom stereocenters. The normalized spacial score (nSPS) is 13.2. The van der Waals surface area contributed by atoms with Crippen LogP contribution in [-0.4, -0.2) is 4.98 Å². The number of halogens is 3. The number of nitriles is 1. The zero-order valence-electron chi connectivity index (χ0n) is 8.75. The van der Waals surface area contributed by atoms with Crippen LogP contribution in [0.15, 0.2) is 18.5 Å². The zero-order valence-corrected chi connectivity index (χ0v) is 8.75. The lowest BCUT2D eigenvalue weighted by molar-refractivity contribution is -0.137. The second-order valence-corrected chi connectivity index (χ2v) is 3.47. The van der Waals surface area contributed by atoms with E-state index in [4.69, 9.17) is 5.26 Å². The Morgan fingerprint density at radius 2 is 2.12 bits per heavy atom. The van der Waals surface area contributed by atoms with E-state index in [0.717, 1.165) is 12.3 Å². The van der Waals surface area contributed by atoms with Crippen LogP contribution >= 0.6 is 0 Å². The van der Waals surface area contributed by atoms with Gasteiger partial charge in [0.1, 0.15) is 0 Å². The zero-order chi connectivity index (χ0) is 12.2. The molecule has 16 heavy (non-hydrogen) atoms. The first kappa shape index (κ1) is 12.5. The molecule has 0 aliphatic carbocycles. The number of nitrogens with zero attached hydrogens (tertiary/aromatic N) is 2. The first-order chi connectivity index (χ1) is 7.49. The molecule has 0 aliphatic rings. The topological polar surface area (TPSA) is 36.7 Å². The minimum atomic E-state index is -4.38. The van der Waals surface area contributed by atoms with Gasteiger partial charge in [0.15, 0.2) is 0 Å². The highest BCUT2D eigenvalue weighted by atomic mass is 19.4.